The van der Waals surface area contributed by atoms with Crippen molar-refractivity contribution in [3.05, 3.63) is 38.7 Å². The fraction of sp³-hybridized carbons (Fsp3) is 0.556. The quantitative estimate of drug-likeness (QED) is 0.917. The van der Waals surface area contributed by atoms with E-state index in [1.807, 2.05) is 14.0 Å². The Morgan fingerprint density at radius 1 is 1.32 bits per heavy atom. The zero-order valence-corrected chi connectivity index (χ0v) is 14.7. The molecule has 0 atom stereocenters. The second kappa shape index (κ2) is 7.21. The lowest BCUT2D eigenvalue weighted by Crippen LogP contribution is -2.38. The van der Waals surface area contributed by atoms with Gasteiger partial charge in [0.1, 0.15) is 5.65 Å². The Bertz CT molecular complexity index is 893. The summed E-state index contributed by atoms with van der Waals surface area (Å²) in [7, 11) is 1.81. The van der Waals surface area contributed by atoms with Crippen LogP contribution in [-0.2, 0) is 6.54 Å². The molecule has 1 aliphatic carbocycles. The van der Waals surface area contributed by atoms with E-state index in [1.165, 1.54) is 17.2 Å². The fourth-order valence-corrected chi connectivity index (χ4v) is 3.55. The normalized spacial score (nSPS) is 15.4. The van der Waals surface area contributed by atoms with E-state index in [0.717, 1.165) is 32.1 Å². The molecule has 0 bridgehead atoms. The van der Waals surface area contributed by atoms with E-state index < -0.39 is 11.2 Å². The van der Waals surface area contributed by atoms with Crippen molar-refractivity contribution in [3.8, 4) is 0 Å². The van der Waals surface area contributed by atoms with E-state index >= 15 is 0 Å². The van der Waals surface area contributed by atoms with Gasteiger partial charge in [0.15, 0.2) is 0 Å². The third-order valence-corrected chi connectivity index (χ3v) is 4.97. The van der Waals surface area contributed by atoms with Crippen LogP contribution in [0.4, 0.5) is 0 Å². The lowest BCUT2D eigenvalue weighted by molar-refractivity contribution is 0.0696. The molecule has 2 heterocycles. The number of nitrogens with one attached hydrogen (secondary N) is 1. The molecular formula is C18H24N4O3. The van der Waals surface area contributed by atoms with Crippen molar-refractivity contribution in [2.45, 2.75) is 58.0 Å². The zero-order valence-electron chi connectivity index (χ0n) is 14.7. The molecule has 0 unspecified atom stereocenters. The monoisotopic (exact) mass is 344 g/mol. The molecule has 1 saturated carbocycles. The summed E-state index contributed by atoms with van der Waals surface area (Å²) in [5, 5.41) is 0.274. The van der Waals surface area contributed by atoms with Gasteiger partial charge in [-0.1, -0.05) is 26.2 Å². The van der Waals surface area contributed by atoms with Crippen LogP contribution >= 0.6 is 0 Å². The summed E-state index contributed by atoms with van der Waals surface area (Å²) in [6.45, 7) is 2.41. The number of aromatic nitrogens is 3. The molecule has 1 N–H and O–H groups in total. The number of hydrogen-bond acceptors (Lipinski definition) is 4. The van der Waals surface area contributed by atoms with Crippen molar-refractivity contribution < 1.29 is 4.79 Å². The SMILES string of the molecule is CCCn1c(=O)[nH]c(=O)c2cc(C(=O)N(C)C3CCCCC3)cnc21. The Morgan fingerprint density at radius 2 is 2.04 bits per heavy atom. The van der Waals surface area contributed by atoms with Crippen molar-refractivity contribution in [2.24, 2.45) is 0 Å². The van der Waals surface area contributed by atoms with E-state index in [9.17, 15) is 14.4 Å². The van der Waals surface area contributed by atoms with Crippen LogP contribution in [0.1, 0.15) is 55.8 Å². The van der Waals surface area contributed by atoms with Gasteiger partial charge >= 0.3 is 5.69 Å². The first-order valence-electron chi connectivity index (χ1n) is 8.93. The predicted molar refractivity (Wildman–Crippen MR) is 95.9 cm³/mol. The molecule has 1 fully saturated rings. The highest BCUT2D eigenvalue weighted by Crippen LogP contribution is 2.23. The van der Waals surface area contributed by atoms with Gasteiger partial charge in [-0.2, -0.15) is 0 Å². The number of hydrogen-bond donors (Lipinski definition) is 1. The molecule has 0 saturated heterocycles. The minimum atomic E-state index is -0.505. The second-order valence-corrected chi connectivity index (χ2v) is 6.71. The number of carbonyl (C=O) groups is 1. The Morgan fingerprint density at radius 3 is 2.72 bits per heavy atom. The van der Waals surface area contributed by atoms with Gasteiger partial charge in [0, 0.05) is 25.8 Å². The molecule has 7 nitrogen and oxygen atoms in total. The van der Waals surface area contributed by atoms with E-state index in [2.05, 4.69) is 9.97 Å². The van der Waals surface area contributed by atoms with E-state index in [4.69, 9.17) is 0 Å². The largest absolute Gasteiger partial charge is 0.339 e. The number of nitrogens with zero attached hydrogens (tertiary/aromatic N) is 3. The highest BCUT2D eigenvalue weighted by molar-refractivity contribution is 5.96. The third kappa shape index (κ3) is 3.36. The molecule has 1 aliphatic rings. The molecule has 0 aliphatic heterocycles. The van der Waals surface area contributed by atoms with E-state index in [-0.39, 0.29) is 17.3 Å². The van der Waals surface area contributed by atoms with Crippen molar-refractivity contribution in [3.63, 3.8) is 0 Å². The van der Waals surface area contributed by atoms with Crippen molar-refractivity contribution >= 4 is 16.9 Å². The molecule has 0 radical (unpaired) electrons. The van der Waals surface area contributed by atoms with Crippen molar-refractivity contribution in [1.29, 1.82) is 0 Å². The molecular weight excluding hydrogens is 320 g/mol. The summed E-state index contributed by atoms with van der Waals surface area (Å²) in [6, 6.07) is 1.79. The van der Waals surface area contributed by atoms with Crippen LogP contribution in [-0.4, -0.2) is 38.4 Å². The molecule has 1 amide bonds. The smallest absolute Gasteiger partial charge is 0.329 e. The molecule has 134 valence electrons. The molecule has 2 aromatic heterocycles. The number of fused-ring (bicyclic) bond motifs is 1. The lowest BCUT2D eigenvalue weighted by Gasteiger charge is -2.31. The van der Waals surface area contributed by atoms with Gasteiger partial charge in [0.05, 0.1) is 10.9 Å². The van der Waals surface area contributed by atoms with Crippen LogP contribution in [0.25, 0.3) is 11.0 Å². The Hall–Kier alpha value is -2.44. The predicted octanol–water partition coefficient (Wildman–Crippen LogP) is 1.90. The minimum absolute atomic E-state index is 0.131. The Kier molecular flexibility index (Phi) is 5.01. The number of H-pyrrole nitrogens is 1. The number of carbonyl (C=O) groups excluding carboxylic acids is 1. The van der Waals surface area contributed by atoms with E-state index in [1.54, 1.807) is 11.0 Å². The fourth-order valence-electron chi connectivity index (χ4n) is 3.55. The summed E-state index contributed by atoms with van der Waals surface area (Å²) < 4.78 is 1.44. The molecule has 3 rings (SSSR count). The van der Waals surface area contributed by atoms with Crippen molar-refractivity contribution in [2.75, 3.05) is 7.05 Å². The van der Waals surface area contributed by atoms with Crippen LogP contribution < -0.4 is 11.2 Å². The van der Waals surface area contributed by atoms with Gasteiger partial charge in [-0.15, -0.1) is 0 Å². The standard InChI is InChI=1S/C18H24N4O3/c1-3-9-22-15-14(16(23)20-18(22)25)10-12(11-19-15)17(24)21(2)13-7-5-4-6-8-13/h10-11,13H,3-9H2,1-2H3,(H,20,23,25). The van der Waals surface area contributed by atoms with Crippen LogP contribution in [0.2, 0.25) is 0 Å². The van der Waals surface area contributed by atoms with Gasteiger partial charge < -0.3 is 4.90 Å². The Balaban J connectivity index is 1.99. The summed E-state index contributed by atoms with van der Waals surface area (Å²) in [4.78, 5) is 45.3. The molecule has 0 spiro atoms. The average Bonchev–Trinajstić information content (AvgIpc) is 2.64. The topological polar surface area (TPSA) is 88.1 Å². The van der Waals surface area contributed by atoms with Crippen LogP contribution in [0.5, 0.6) is 0 Å². The lowest BCUT2D eigenvalue weighted by atomic mass is 9.94. The van der Waals surface area contributed by atoms with Crippen LogP contribution in [0.15, 0.2) is 21.9 Å². The average molecular weight is 344 g/mol. The summed E-state index contributed by atoms with van der Waals surface area (Å²) >= 11 is 0. The highest BCUT2D eigenvalue weighted by Gasteiger charge is 2.24. The maximum Gasteiger partial charge on any atom is 0.329 e. The number of rotatable bonds is 4. The maximum atomic E-state index is 12.8. The van der Waals surface area contributed by atoms with Gasteiger partial charge in [0.25, 0.3) is 11.5 Å². The number of aryl methyl sites for hydroxylation is 1. The van der Waals surface area contributed by atoms with E-state index in [0.29, 0.717) is 17.8 Å². The number of pyridine rings is 1. The number of amides is 1. The summed E-state index contributed by atoms with van der Waals surface area (Å²) in [5.41, 5.74) is -0.264. The van der Waals surface area contributed by atoms with Gasteiger partial charge in [-0.3, -0.25) is 19.1 Å². The third-order valence-electron chi connectivity index (χ3n) is 4.97. The highest BCUT2D eigenvalue weighted by atomic mass is 16.2. The van der Waals surface area contributed by atoms with Gasteiger partial charge in [0.2, 0.25) is 0 Å². The summed E-state index contributed by atoms with van der Waals surface area (Å²) in [5.74, 6) is -0.131. The van der Waals surface area contributed by atoms with Gasteiger partial charge in [-0.05, 0) is 25.3 Å². The number of aromatic amines is 1. The molecule has 2 aromatic rings. The first-order chi connectivity index (χ1) is 12.0. The summed E-state index contributed by atoms with van der Waals surface area (Å²) in [6.07, 6.45) is 7.74. The minimum Gasteiger partial charge on any atom is -0.339 e. The second-order valence-electron chi connectivity index (χ2n) is 6.71. The Labute approximate surface area is 145 Å². The van der Waals surface area contributed by atoms with Gasteiger partial charge in [-0.25, -0.2) is 9.78 Å². The zero-order chi connectivity index (χ0) is 18.0. The van der Waals surface area contributed by atoms with Crippen LogP contribution in [0, 0.1) is 0 Å². The first kappa shape index (κ1) is 17.4. The van der Waals surface area contributed by atoms with Crippen LogP contribution in [0.3, 0.4) is 0 Å². The first-order valence-corrected chi connectivity index (χ1v) is 8.93. The van der Waals surface area contributed by atoms with Crippen molar-refractivity contribution in [1.82, 2.24) is 19.4 Å². The molecule has 0 aromatic carbocycles. The molecule has 25 heavy (non-hydrogen) atoms. The molecule has 7 heteroatoms. The maximum absolute atomic E-state index is 12.8.